The molecule has 3 aromatic rings. The standard InChI is InChI=1S/C17H18N4O/c1-11(14-6-4-5-9-18-14)19-17(22)13-7-8-16-15(10-13)20-12(2)21(16)3/h4-11H,1-3H3,(H,19,22)/t11-/m0/s1. The molecule has 0 aliphatic rings. The van der Waals surface area contributed by atoms with Crippen molar-refractivity contribution in [3.63, 3.8) is 0 Å². The molecule has 112 valence electrons. The maximum atomic E-state index is 12.4. The second kappa shape index (κ2) is 5.60. The molecule has 2 aromatic heterocycles. The summed E-state index contributed by atoms with van der Waals surface area (Å²) < 4.78 is 2.01. The van der Waals surface area contributed by atoms with Gasteiger partial charge in [0.1, 0.15) is 5.82 Å². The molecule has 5 heteroatoms. The predicted molar refractivity (Wildman–Crippen MR) is 85.6 cm³/mol. The van der Waals surface area contributed by atoms with Crippen molar-refractivity contribution < 1.29 is 4.79 Å². The maximum Gasteiger partial charge on any atom is 0.251 e. The Labute approximate surface area is 129 Å². The Morgan fingerprint density at radius 2 is 2.09 bits per heavy atom. The number of imidazole rings is 1. The lowest BCUT2D eigenvalue weighted by molar-refractivity contribution is 0.0939. The highest BCUT2D eigenvalue weighted by Crippen LogP contribution is 2.17. The third kappa shape index (κ3) is 2.57. The molecule has 3 rings (SSSR count). The van der Waals surface area contributed by atoms with Crippen molar-refractivity contribution in [1.29, 1.82) is 0 Å². The Hall–Kier alpha value is -2.69. The molecule has 2 heterocycles. The molecule has 0 aliphatic heterocycles. The topological polar surface area (TPSA) is 59.8 Å². The van der Waals surface area contributed by atoms with Crippen LogP contribution in [-0.2, 0) is 7.05 Å². The zero-order chi connectivity index (χ0) is 15.7. The van der Waals surface area contributed by atoms with Crippen LogP contribution in [0.25, 0.3) is 11.0 Å². The van der Waals surface area contributed by atoms with Gasteiger partial charge in [-0.2, -0.15) is 0 Å². The quantitative estimate of drug-likeness (QED) is 0.808. The summed E-state index contributed by atoms with van der Waals surface area (Å²) in [6, 6.07) is 11.1. The number of hydrogen-bond donors (Lipinski definition) is 1. The van der Waals surface area contributed by atoms with Gasteiger partial charge in [0.05, 0.1) is 22.8 Å². The summed E-state index contributed by atoms with van der Waals surface area (Å²) in [6.07, 6.45) is 1.72. The minimum atomic E-state index is -0.144. The first kappa shape index (κ1) is 14.3. The number of benzene rings is 1. The van der Waals surface area contributed by atoms with Gasteiger partial charge in [0.2, 0.25) is 0 Å². The van der Waals surface area contributed by atoms with Crippen LogP contribution in [0, 0.1) is 6.92 Å². The van der Waals surface area contributed by atoms with Crippen molar-refractivity contribution >= 4 is 16.9 Å². The number of carbonyl (C=O) groups is 1. The molecule has 1 N–H and O–H groups in total. The molecule has 0 radical (unpaired) electrons. The minimum absolute atomic E-state index is 0.122. The Bertz CT molecular complexity index is 823. The molecule has 22 heavy (non-hydrogen) atoms. The minimum Gasteiger partial charge on any atom is -0.344 e. The van der Waals surface area contributed by atoms with Gasteiger partial charge in [-0.1, -0.05) is 6.07 Å². The molecule has 1 aromatic carbocycles. The maximum absolute atomic E-state index is 12.4. The molecule has 0 bridgehead atoms. The number of pyridine rings is 1. The lowest BCUT2D eigenvalue weighted by Gasteiger charge is -2.13. The van der Waals surface area contributed by atoms with E-state index in [9.17, 15) is 4.79 Å². The Kier molecular flexibility index (Phi) is 3.63. The van der Waals surface area contributed by atoms with Gasteiger partial charge in [-0.15, -0.1) is 0 Å². The van der Waals surface area contributed by atoms with Gasteiger partial charge in [0.25, 0.3) is 5.91 Å². The normalized spacial score (nSPS) is 12.3. The number of aromatic nitrogens is 3. The first-order chi connectivity index (χ1) is 10.6. The number of carbonyl (C=O) groups excluding carboxylic acids is 1. The zero-order valence-electron chi connectivity index (χ0n) is 12.9. The van der Waals surface area contributed by atoms with E-state index in [0.29, 0.717) is 5.56 Å². The smallest absolute Gasteiger partial charge is 0.251 e. The summed E-state index contributed by atoms with van der Waals surface area (Å²) in [6.45, 7) is 3.87. The fourth-order valence-corrected chi connectivity index (χ4v) is 2.45. The van der Waals surface area contributed by atoms with Crippen LogP contribution >= 0.6 is 0 Å². The zero-order valence-corrected chi connectivity index (χ0v) is 12.9. The summed E-state index contributed by atoms with van der Waals surface area (Å²) in [5.74, 6) is 0.803. The van der Waals surface area contributed by atoms with E-state index in [1.807, 2.05) is 61.9 Å². The Balaban J connectivity index is 1.83. The second-order valence-corrected chi connectivity index (χ2v) is 5.37. The van der Waals surface area contributed by atoms with Gasteiger partial charge in [-0.3, -0.25) is 9.78 Å². The molecule has 0 spiro atoms. The third-order valence-electron chi connectivity index (χ3n) is 3.85. The van der Waals surface area contributed by atoms with Crippen LogP contribution in [0.2, 0.25) is 0 Å². The van der Waals surface area contributed by atoms with Crippen LogP contribution in [0.15, 0.2) is 42.6 Å². The average Bonchev–Trinajstić information content (AvgIpc) is 2.82. The Morgan fingerprint density at radius 1 is 1.27 bits per heavy atom. The summed E-state index contributed by atoms with van der Waals surface area (Å²) in [5, 5.41) is 2.96. The number of nitrogens with one attached hydrogen (secondary N) is 1. The van der Waals surface area contributed by atoms with Gasteiger partial charge in [0, 0.05) is 18.8 Å². The summed E-state index contributed by atoms with van der Waals surface area (Å²) >= 11 is 0. The molecule has 1 atom stereocenters. The first-order valence-electron chi connectivity index (χ1n) is 7.21. The fraction of sp³-hybridized carbons (Fsp3) is 0.235. The van der Waals surface area contributed by atoms with E-state index in [-0.39, 0.29) is 11.9 Å². The van der Waals surface area contributed by atoms with Crippen molar-refractivity contribution in [2.75, 3.05) is 0 Å². The summed E-state index contributed by atoms with van der Waals surface area (Å²) in [5.41, 5.74) is 3.30. The summed E-state index contributed by atoms with van der Waals surface area (Å²) in [7, 11) is 1.97. The molecule has 0 unspecified atom stereocenters. The Morgan fingerprint density at radius 3 is 2.82 bits per heavy atom. The lowest BCUT2D eigenvalue weighted by atomic mass is 10.1. The van der Waals surface area contributed by atoms with E-state index in [0.717, 1.165) is 22.6 Å². The van der Waals surface area contributed by atoms with Crippen LogP contribution in [-0.4, -0.2) is 20.4 Å². The first-order valence-corrected chi connectivity index (χ1v) is 7.21. The van der Waals surface area contributed by atoms with Gasteiger partial charge >= 0.3 is 0 Å². The molecule has 0 saturated carbocycles. The molecular formula is C17H18N4O. The number of rotatable bonds is 3. The van der Waals surface area contributed by atoms with Crippen LogP contribution in [0.5, 0.6) is 0 Å². The number of nitrogens with zero attached hydrogens (tertiary/aromatic N) is 3. The highest BCUT2D eigenvalue weighted by Gasteiger charge is 2.14. The third-order valence-corrected chi connectivity index (χ3v) is 3.85. The van der Waals surface area contributed by atoms with Crippen molar-refractivity contribution in [3.8, 4) is 0 Å². The highest BCUT2D eigenvalue weighted by atomic mass is 16.1. The van der Waals surface area contributed by atoms with Gasteiger partial charge in [0.15, 0.2) is 0 Å². The predicted octanol–water partition coefficient (Wildman–Crippen LogP) is 2.77. The molecular weight excluding hydrogens is 276 g/mol. The second-order valence-electron chi connectivity index (χ2n) is 5.37. The van der Waals surface area contributed by atoms with Crippen LogP contribution < -0.4 is 5.32 Å². The molecule has 0 saturated heterocycles. The average molecular weight is 294 g/mol. The highest BCUT2D eigenvalue weighted by molar-refractivity contribution is 5.97. The molecule has 1 amide bonds. The number of amides is 1. The largest absolute Gasteiger partial charge is 0.344 e. The molecule has 0 fully saturated rings. The van der Waals surface area contributed by atoms with Gasteiger partial charge < -0.3 is 9.88 Å². The number of hydrogen-bond acceptors (Lipinski definition) is 3. The van der Waals surface area contributed by atoms with E-state index in [1.165, 1.54) is 0 Å². The van der Waals surface area contributed by atoms with Crippen molar-refractivity contribution in [2.45, 2.75) is 19.9 Å². The monoisotopic (exact) mass is 294 g/mol. The fourth-order valence-electron chi connectivity index (χ4n) is 2.45. The number of aryl methyl sites for hydroxylation is 2. The lowest BCUT2D eigenvalue weighted by Crippen LogP contribution is -2.27. The van der Waals surface area contributed by atoms with Gasteiger partial charge in [-0.25, -0.2) is 4.98 Å². The van der Waals surface area contributed by atoms with Crippen molar-refractivity contribution in [1.82, 2.24) is 19.9 Å². The van der Waals surface area contributed by atoms with Crippen LogP contribution in [0.4, 0.5) is 0 Å². The van der Waals surface area contributed by atoms with Crippen LogP contribution in [0.3, 0.4) is 0 Å². The van der Waals surface area contributed by atoms with E-state index < -0.39 is 0 Å². The van der Waals surface area contributed by atoms with E-state index in [1.54, 1.807) is 6.20 Å². The molecule has 5 nitrogen and oxygen atoms in total. The van der Waals surface area contributed by atoms with Crippen molar-refractivity contribution in [2.24, 2.45) is 7.05 Å². The van der Waals surface area contributed by atoms with E-state index >= 15 is 0 Å². The molecule has 0 aliphatic carbocycles. The SMILES string of the molecule is Cc1nc2cc(C(=O)N[C@@H](C)c3ccccn3)ccc2n1C. The van der Waals surface area contributed by atoms with E-state index in [4.69, 9.17) is 0 Å². The summed E-state index contributed by atoms with van der Waals surface area (Å²) in [4.78, 5) is 21.1. The van der Waals surface area contributed by atoms with E-state index in [2.05, 4.69) is 15.3 Å². The number of fused-ring (bicyclic) bond motifs is 1. The van der Waals surface area contributed by atoms with Crippen molar-refractivity contribution in [3.05, 3.63) is 59.7 Å². The van der Waals surface area contributed by atoms with Gasteiger partial charge in [-0.05, 0) is 44.2 Å². The van der Waals surface area contributed by atoms with Crippen LogP contribution in [0.1, 0.15) is 34.8 Å².